The Morgan fingerprint density at radius 1 is 0.897 bits per heavy atom. The van der Waals surface area contributed by atoms with Gasteiger partial charge in [0.15, 0.2) is 0 Å². The van der Waals surface area contributed by atoms with Crippen molar-refractivity contribution in [2.24, 2.45) is 5.16 Å². The molecule has 0 N–H and O–H groups in total. The second-order valence-electron chi connectivity index (χ2n) is 6.95. The van der Waals surface area contributed by atoms with Crippen molar-refractivity contribution >= 4 is 5.71 Å². The molecule has 0 radical (unpaired) electrons. The molecule has 0 amide bonds. The normalized spacial score (nSPS) is 19.8. The maximum atomic E-state index is 14.1. The average Bonchev–Trinajstić information content (AvgIpc) is 3.14. The van der Waals surface area contributed by atoms with E-state index in [1.165, 1.54) is 12.1 Å². The van der Waals surface area contributed by atoms with Gasteiger partial charge >= 0.3 is 12.4 Å². The largest absolute Gasteiger partial charge is 0.435 e. The third-order valence-electron chi connectivity index (χ3n) is 5.07. The molecule has 0 aromatic heterocycles. The van der Waals surface area contributed by atoms with Gasteiger partial charge in [0.1, 0.15) is 0 Å². The highest BCUT2D eigenvalue weighted by molar-refractivity contribution is 6.01. The number of nitrogens with zero attached hydrogens (tertiary/aromatic N) is 1. The van der Waals surface area contributed by atoms with Crippen LogP contribution >= 0.6 is 0 Å². The molecule has 0 spiro atoms. The van der Waals surface area contributed by atoms with E-state index in [1.54, 1.807) is 0 Å². The number of benzene rings is 2. The Morgan fingerprint density at radius 2 is 1.45 bits per heavy atom. The molecule has 2 nitrogen and oxygen atoms in total. The predicted octanol–water partition coefficient (Wildman–Crippen LogP) is 6.41. The highest BCUT2D eigenvalue weighted by Gasteiger charge is 2.62. The molecule has 2 aromatic carbocycles. The minimum atomic E-state index is -4.76. The number of rotatable bonds is 4. The molecule has 0 fully saturated rings. The van der Waals surface area contributed by atoms with Crippen LogP contribution in [0.4, 0.5) is 26.3 Å². The van der Waals surface area contributed by atoms with Crippen molar-refractivity contribution in [3.05, 3.63) is 70.3 Å². The molecular weight excluding hydrogens is 396 g/mol. The van der Waals surface area contributed by atoms with Crippen molar-refractivity contribution in [3.63, 3.8) is 0 Å². The summed E-state index contributed by atoms with van der Waals surface area (Å²) in [6.07, 6.45) is -8.79. The van der Waals surface area contributed by atoms with Crippen molar-refractivity contribution in [3.8, 4) is 0 Å². The van der Waals surface area contributed by atoms with E-state index in [9.17, 15) is 26.3 Å². The van der Waals surface area contributed by atoms with Crippen LogP contribution in [0.5, 0.6) is 0 Å². The molecule has 1 heterocycles. The molecule has 0 bridgehead atoms. The van der Waals surface area contributed by atoms with Crippen LogP contribution in [0.25, 0.3) is 0 Å². The second-order valence-corrected chi connectivity index (χ2v) is 6.95. The molecule has 1 aliphatic heterocycles. The SMILES string of the molecule is CCc1cc(CC)cc(C2(C(F)(F)F)CC(c3ccc(C(F)(F)F)cc3)=NO2)c1. The predicted molar refractivity (Wildman–Crippen MR) is 96.6 cm³/mol. The van der Waals surface area contributed by atoms with Crippen LogP contribution in [0.2, 0.25) is 0 Å². The Labute approximate surface area is 164 Å². The third-order valence-corrected chi connectivity index (χ3v) is 5.07. The Hall–Kier alpha value is -2.51. The van der Waals surface area contributed by atoms with Crippen molar-refractivity contribution in [2.45, 2.75) is 51.1 Å². The zero-order chi connectivity index (χ0) is 21.4. The fourth-order valence-electron chi connectivity index (χ4n) is 3.31. The molecule has 1 unspecified atom stereocenters. The van der Waals surface area contributed by atoms with E-state index in [-0.39, 0.29) is 16.8 Å². The molecule has 1 aliphatic rings. The van der Waals surface area contributed by atoms with Crippen LogP contribution in [0, 0.1) is 0 Å². The van der Waals surface area contributed by atoms with Gasteiger partial charge in [-0.2, -0.15) is 26.3 Å². The van der Waals surface area contributed by atoms with E-state index < -0.39 is 29.9 Å². The Bertz CT molecular complexity index is 892. The van der Waals surface area contributed by atoms with Gasteiger partial charge in [-0.15, -0.1) is 0 Å². The zero-order valence-corrected chi connectivity index (χ0v) is 15.8. The molecule has 3 rings (SSSR count). The number of alkyl halides is 6. The summed E-state index contributed by atoms with van der Waals surface area (Å²) >= 11 is 0. The smallest absolute Gasteiger partial charge is 0.374 e. The lowest BCUT2D eigenvalue weighted by molar-refractivity contribution is -0.275. The molecule has 29 heavy (non-hydrogen) atoms. The standard InChI is InChI=1S/C21H19F6NO/c1-3-13-9-14(4-2)11-17(10-13)19(21(25,26)27)12-18(28-29-19)15-5-7-16(8-6-15)20(22,23)24/h5-11H,3-4,12H2,1-2H3. The van der Waals surface area contributed by atoms with E-state index in [0.29, 0.717) is 12.8 Å². The Morgan fingerprint density at radius 3 is 1.90 bits per heavy atom. The Balaban J connectivity index is 2.00. The van der Waals surface area contributed by atoms with Crippen LogP contribution < -0.4 is 0 Å². The zero-order valence-electron chi connectivity index (χ0n) is 15.8. The van der Waals surface area contributed by atoms with Crippen LogP contribution in [0.15, 0.2) is 47.6 Å². The lowest BCUT2D eigenvalue weighted by atomic mass is 9.84. The summed E-state index contributed by atoms with van der Waals surface area (Å²) < 4.78 is 80.6. The molecule has 1 atom stereocenters. The monoisotopic (exact) mass is 415 g/mol. The van der Waals surface area contributed by atoms with E-state index in [2.05, 4.69) is 5.16 Å². The molecule has 8 heteroatoms. The average molecular weight is 415 g/mol. The molecule has 156 valence electrons. The van der Waals surface area contributed by atoms with Crippen LogP contribution in [-0.4, -0.2) is 11.9 Å². The van der Waals surface area contributed by atoms with Crippen LogP contribution in [0.1, 0.15) is 48.1 Å². The molecule has 0 aliphatic carbocycles. The summed E-state index contributed by atoms with van der Waals surface area (Å²) in [4.78, 5) is 5.00. The first kappa shape index (κ1) is 21.2. The number of hydrogen-bond acceptors (Lipinski definition) is 2. The molecular formula is C21H19F6NO. The minimum Gasteiger partial charge on any atom is -0.374 e. The summed E-state index contributed by atoms with van der Waals surface area (Å²) in [7, 11) is 0. The summed E-state index contributed by atoms with van der Waals surface area (Å²) in [5, 5.41) is 3.62. The lowest BCUT2D eigenvalue weighted by Gasteiger charge is -2.30. The number of halogens is 6. The van der Waals surface area contributed by atoms with Crippen molar-refractivity contribution in [1.29, 1.82) is 0 Å². The van der Waals surface area contributed by atoms with Gasteiger partial charge in [-0.25, -0.2) is 0 Å². The number of hydrogen-bond donors (Lipinski definition) is 0. The first-order valence-corrected chi connectivity index (χ1v) is 9.13. The van der Waals surface area contributed by atoms with Gasteiger partial charge in [0.2, 0.25) is 0 Å². The van der Waals surface area contributed by atoms with E-state index in [1.807, 2.05) is 19.9 Å². The van der Waals surface area contributed by atoms with E-state index in [4.69, 9.17) is 4.84 Å². The Kier molecular flexibility index (Phi) is 5.40. The van der Waals surface area contributed by atoms with Gasteiger partial charge in [-0.05, 0) is 41.7 Å². The van der Waals surface area contributed by atoms with E-state index >= 15 is 0 Å². The number of aryl methyl sites for hydroxylation is 2. The van der Waals surface area contributed by atoms with Crippen LogP contribution in [0.3, 0.4) is 0 Å². The summed E-state index contributed by atoms with van der Waals surface area (Å²) in [6.45, 7) is 3.69. The maximum absolute atomic E-state index is 14.1. The van der Waals surface area contributed by atoms with Crippen LogP contribution in [-0.2, 0) is 29.5 Å². The van der Waals surface area contributed by atoms with Crippen molar-refractivity contribution in [2.75, 3.05) is 0 Å². The van der Waals surface area contributed by atoms with Crippen molar-refractivity contribution < 1.29 is 31.2 Å². The fraction of sp³-hybridized carbons (Fsp3) is 0.381. The van der Waals surface area contributed by atoms with Gasteiger partial charge < -0.3 is 4.84 Å². The van der Waals surface area contributed by atoms with Crippen molar-refractivity contribution in [1.82, 2.24) is 0 Å². The minimum absolute atomic E-state index is 0.0454. The highest BCUT2D eigenvalue weighted by atomic mass is 19.4. The number of oxime groups is 1. The van der Waals surface area contributed by atoms with Gasteiger partial charge in [0.05, 0.1) is 11.3 Å². The highest BCUT2D eigenvalue weighted by Crippen LogP contribution is 2.49. The van der Waals surface area contributed by atoms with E-state index in [0.717, 1.165) is 35.4 Å². The molecule has 2 aromatic rings. The summed E-state index contributed by atoms with van der Waals surface area (Å²) in [5.41, 5.74) is -2.00. The summed E-state index contributed by atoms with van der Waals surface area (Å²) in [6, 6.07) is 8.61. The molecule has 0 saturated heterocycles. The topological polar surface area (TPSA) is 21.6 Å². The fourth-order valence-corrected chi connectivity index (χ4v) is 3.31. The van der Waals surface area contributed by atoms with Gasteiger partial charge in [-0.1, -0.05) is 49.3 Å². The maximum Gasteiger partial charge on any atom is 0.435 e. The second kappa shape index (κ2) is 7.39. The van der Waals surface area contributed by atoms with Gasteiger partial charge in [0, 0.05) is 12.0 Å². The first-order chi connectivity index (χ1) is 13.5. The first-order valence-electron chi connectivity index (χ1n) is 9.13. The lowest BCUT2D eigenvalue weighted by Crippen LogP contribution is -2.42. The summed E-state index contributed by atoms with van der Waals surface area (Å²) in [5.74, 6) is 0. The third kappa shape index (κ3) is 3.97. The molecule has 0 saturated carbocycles. The van der Waals surface area contributed by atoms with Gasteiger partial charge in [0.25, 0.3) is 5.60 Å². The quantitative estimate of drug-likeness (QED) is 0.529. The van der Waals surface area contributed by atoms with Gasteiger partial charge in [-0.3, -0.25) is 0 Å².